The molecule has 2 nitrogen and oxygen atoms in total. The summed E-state index contributed by atoms with van der Waals surface area (Å²) in [7, 11) is 0. The van der Waals surface area contributed by atoms with Crippen LogP contribution in [0.1, 0.15) is 50.8 Å². The molecule has 0 spiro atoms. The number of carbonyl (C=O) groups is 1. The van der Waals surface area contributed by atoms with Crippen molar-refractivity contribution in [3.05, 3.63) is 34.9 Å². The first-order chi connectivity index (χ1) is 8.80. The van der Waals surface area contributed by atoms with Crippen LogP contribution in [0.25, 0.3) is 0 Å². The highest BCUT2D eigenvalue weighted by molar-refractivity contribution is 5.75. The van der Waals surface area contributed by atoms with Crippen molar-refractivity contribution in [3.63, 3.8) is 0 Å². The summed E-state index contributed by atoms with van der Waals surface area (Å²) in [5.41, 5.74) is 4.35. The second kappa shape index (κ2) is 6.85. The molecule has 0 heterocycles. The summed E-state index contributed by atoms with van der Waals surface area (Å²) in [5, 5.41) is 3.32. The minimum Gasteiger partial charge on any atom is -0.316 e. The number of aryl methyl sites for hydroxylation is 1. The quantitative estimate of drug-likeness (QED) is 0.795. The fraction of sp³-hybridized carbons (Fsp3) is 0.588. The molecule has 0 saturated carbocycles. The van der Waals surface area contributed by atoms with Crippen LogP contribution >= 0.6 is 0 Å². The number of hydrogen-bond donors (Lipinski definition) is 1. The second-order valence-electron chi connectivity index (χ2n) is 6.34. The first-order valence-corrected chi connectivity index (χ1v) is 7.11. The van der Waals surface area contributed by atoms with E-state index < -0.39 is 0 Å². The van der Waals surface area contributed by atoms with Crippen LogP contribution in [0.15, 0.2) is 18.2 Å². The van der Waals surface area contributed by atoms with Crippen LogP contribution in [-0.4, -0.2) is 18.9 Å². The van der Waals surface area contributed by atoms with Crippen LogP contribution in [0.5, 0.6) is 0 Å². The lowest BCUT2D eigenvalue weighted by Gasteiger charge is -2.20. The van der Waals surface area contributed by atoms with Crippen molar-refractivity contribution in [3.8, 4) is 0 Å². The lowest BCUT2D eigenvalue weighted by Crippen LogP contribution is -2.20. The van der Waals surface area contributed by atoms with Gasteiger partial charge in [0.25, 0.3) is 0 Å². The van der Waals surface area contributed by atoms with Gasteiger partial charge < -0.3 is 5.32 Å². The summed E-state index contributed by atoms with van der Waals surface area (Å²) in [4.78, 5) is 10.8. The lowest BCUT2D eigenvalue weighted by molar-refractivity contribution is -0.116. The molecule has 0 saturated heterocycles. The fourth-order valence-corrected chi connectivity index (χ4v) is 2.06. The van der Waals surface area contributed by atoms with Gasteiger partial charge in [-0.3, -0.25) is 4.79 Å². The van der Waals surface area contributed by atoms with Crippen LogP contribution in [0.2, 0.25) is 0 Å². The molecular formula is C17H27NO. The number of hydrogen-bond acceptors (Lipinski definition) is 2. The van der Waals surface area contributed by atoms with E-state index in [2.05, 4.69) is 51.2 Å². The summed E-state index contributed by atoms with van der Waals surface area (Å²) >= 11 is 0. The highest BCUT2D eigenvalue weighted by Crippen LogP contribution is 2.24. The van der Waals surface area contributed by atoms with E-state index in [0.29, 0.717) is 6.42 Å². The molecule has 2 heteroatoms. The van der Waals surface area contributed by atoms with Crippen LogP contribution in [-0.2, 0) is 16.6 Å². The van der Waals surface area contributed by atoms with Crippen LogP contribution in [0.4, 0.5) is 0 Å². The highest BCUT2D eigenvalue weighted by atomic mass is 16.1. The van der Waals surface area contributed by atoms with Crippen LogP contribution < -0.4 is 5.32 Å². The molecule has 1 aromatic carbocycles. The summed E-state index contributed by atoms with van der Waals surface area (Å²) in [6.07, 6.45) is 1.65. The van der Waals surface area contributed by atoms with Gasteiger partial charge in [-0.05, 0) is 48.9 Å². The van der Waals surface area contributed by atoms with Gasteiger partial charge in [0.2, 0.25) is 0 Å². The van der Waals surface area contributed by atoms with E-state index in [-0.39, 0.29) is 11.2 Å². The Balaban J connectivity index is 2.49. The number of carbonyl (C=O) groups excluding carboxylic acids is 1. The molecule has 0 atom stereocenters. The molecule has 0 amide bonds. The van der Waals surface area contributed by atoms with Crippen molar-refractivity contribution in [2.24, 2.45) is 0 Å². The fourth-order valence-electron chi connectivity index (χ4n) is 2.06. The Kier molecular flexibility index (Phi) is 5.74. The maximum atomic E-state index is 10.8. The topological polar surface area (TPSA) is 29.1 Å². The highest BCUT2D eigenvalue weighted by Gasteiger charge is 2.14. The number of ketones is 1. The molecule has 0 aliphatic heterocycles. The van der Waals surface area contributed by atoms with Crippen molar-refractivity contribution in [1.29, 1.82) is 0 Å². The Hall–Kier alpha value is -1.15. The molecule has 1 aromatic rings. The molecule has 0 aliphatic rings. The molecule has 19 heavy (non-hydrogen) atoms. The predicted octanol–water partition coefficient (Wildman–Crippen LogP) is 3.40. The number of rotatable bonds is 6. The average molecular weight is 261 g/mol. The zero-order valence-corrected chi connectivity index (χ0v) is 13.0. The van der Waals surface area contributed by atoms with Gasteiger partial charge in [-0.15, -0.1) is 0 Å². The first-order valence-electron chi connectivity index (χ1n) is 7.11. The Labute approximate surface area is 117 Å². The van der Waals surface area contributed by atoms with Crippen LogP contribution in [0.3, 0.4) is 0 Å². The monoisotopic (exact) mass is 261 g/mol. The van der Waals surface area contributed by atoms with Gasteiger partial charge in [-0.1, -0.05) is 39.0 Å². The van der Waals surface area contributed by atoms with E-state index in [1.807, 2.05) is 0 Å². The van der Waals surface area contributed by atoms with Crippen molar-refractivity contribution >= 4 is 5.78 Å². The van der Waals surface area contributed by atoms with E-state index in [1.165, 1.54) is 16.7 Å². The standard InChI is InChI=1S/C17H27NO/c1-13-12-16(17(3,4)5)7-6-15(13)9-11-18-10-8-14(2)19/h6-7,12,18H,8-11H2,1-5H3. The predicted molar refractivity (Wildman–Crippen MR) is 81.8 cm³/mol. The Morgan fingerprint density at radius 1 is 1.21 bits per heavy atom. The minimum absolute atomic E-state index is 0.211. The third kappa shape index (κ3) is 5.56. The Morgan fingerprint density at radius 3 is 2.42 bits per heavy atom. The molecule has 0 aliphatic carbocycles. The molecule has 0 unspecified atom stereocenters. The van der Waals surface area contributed by atoms with E-state index in [0.717, 1.165) is 19.5 Å². The minimum atomic E-state index is 0.211. The number of Topliss-reactive ketones (excluding diaryl/α,β-unsaturated/α-hetero) is 1. The van der Waals surface area contributed by atoms with Crippen molar-refractivity contribution in [2.45, 2.75) is 52.9 Å². The van der Waals surface area contributed by atoms with Gasteiger partial charge in [-0.25, -0.2) is 0 Å². The largest absolute Gasteiger partial charge is 0.316 e. The van der Waals surface area contributed by atoms with Gasteiger partial charge in [0, 0.05) is 13.0 Å². The summed E-state index contributed by atoms with van der Waals surface area (Å²) in [6, 6.07) is 6.77. The SMILES string of the molecule is CC(=O)CCNCCc1ccc(C(C)(C)C)cc1C. The van der Waals surface area contributed by atoms with Crippen molar-refractivity contribution in [1.82, 2.24) is 5.32 Å². The molecule has 0 fully saturated rings. The van der Waals surface area contributed by atoms with E-state index in [9.17, 15) is 4.79 Å². The van der Waals surface area contributed by atoms with E-state index in [1.54, 1.807) is 6.92 Å². The summed E-state index contributed by atoms with van der Waals surface area (Å²) in [5.74, 6) is 0.248. The molecular weight excluding hydrogens is 234 g/mol. The van der Waals surface area contributed by atoms with Crippen molar-refractivity contribution in [2.75, 3.05) is 13.1 Å². The second-order valence-corrected chi connectivity index (χ2v) is 6.34. The van der Waals surface area contributed by atoms with Gasteiger partial charge in [0.1, 0.15) is 5.78 Å². The van der Waals surface area contributed by atoms with E-state index in [4.69, 9.17) is 0 Å². The normalized spacial score (nSPS) is 11.6. The Bertz CT molecular complexity index is 429. The molecule has 1 N–H and O–H groups in total. The summed E-state index contributed by atoms with van der Waals surface area (Å²) in [6.45, 7) is 12.3. The van der Waals surface area contributed by atoms with E-state index >= 15 is 0 Å². The van der Waals surface area contributed by atoms with Gasteiger partial charge >= 0.3 is 0 Å². The van der Waals surface area contributed by atoms with Crippen molar-refractivity contribution < 1.29 is 4.79 Å². The third-order valence-corrected chi connectivity index (χ3v) is 3.43. The molecule has 1 rings (SSSR count). The smallest absolute Gasteiger partial charge is 0.131 e. The van der Waals surface area contributed by atoms with Gasteiger partial charge in [0.05, 0.1) is 0 Å². The maximum Gasteiger partial charge on any atom is 0.131 e. The zero-order valence-electron chi connectivity index (χ0n) is 13.0. The average Bonchev–Trinajstić information content (AvgIpc) is 2.28. The first kappa shape index (κ1) is 15.9. The maximum absolute atomic E-state index is 10.8. The van der Waals surface area contributed by atoms with Gasteiger partial charge in [-0.2, -0.15) is 0 Å². The number of nitrogens with one attached hydrogen (secondary N) is 1. The molecule has 0 bridgehead atoms. The van der Waals surface area contributed by atoms with Gasteiger partial charge in [0.15, 0.2) is 0 Å². The third-order valence-electron chi connectivity index (χ3n) is 3.43. The Morgan fingerprint density at radius 2 is 1.89 bits per heavy atom. The molecule has 0 radical (unpaired) electrons. The summed E-state index contributed by atoms with van der Waals surface area (Å²) < 4.78 is 0. The zero-order chi connectivity index (χ0) is 14.5. The molecule has 0 aromatic heterocycles. The number of benzene rings is 1. The lowest BCUT2D eigenvalue weighted by atomic mass is 9.85. The van der Waals surface area contributed by atoms with Crippen LogP contribution in [0, 0.1) is 6.92 Å². The molecule has 106 valence electrons.